The minimum absolute atomic E-state index is 0. The molecule has 0 aliphatic rings. The van der Waals surface area contributed by atoms with Gasteiger partial charge in [-0.2, -0.15) is 0 Å². The predicted octanol–water partition coefficient (Wildman–Crippen LogP) is 0.823. The zero-order valence-electron chi connectivity index (χ0n) is 4.17. The minimum Gasteiger partial charge on any atom is -0.358 e. The Labute approximate surface area is 57.5 Å². The van der Waals surface area contributed by atoms with Crippen molar-refractivity contribution in [1.82, 2.24) is 0 Å². The fraction of sp³-hybridized carbons (Fsp3) is 0. The average Bonchev–Trinajstić information content (AvgIpc) is 1.50. The van der Waals surface area contributed by atoms with Gasteiger partial charge in [0.15, 0.2) is 0 Å². The van der Waals surface area contributed by atoms with Crippen molar-refractivity contribution in [2.24, 2.45) is 0 Å². The molecule has 0 radical (unpaired) electrons. The Balaban J connectivity index is -0.00000000267. The molecule has 0 aromatic carbocycles. The van der Waals surface area contributed by atoms with E-state index in [9.17, 15) is 0 Å². The molecular weight excluding hydrogens is 181 g/mol. The summed E-state index contributed by atoms with van der Waals surface area (Å²) < 4.78 is 15.0. The smallest absolute Gasteiger partial charge is 0.358 e. The fourth-order valence-corrected chi connectivity index (χ4v) is 0. The van der Waals surface area contributed by atoms with Gasteiger partial charge in [0.2, 0.25) is 0 Å². The molecule has 2 nitrogen and oxygen atoms in total. The maximum absolute atomic E-state index is 7.50. The van der Waals surface area contributed by atoms with E-state index in [2.05, 4.69) is 13.3 Å². The van der Waals surface area contributed by atoms with Crippen LogP contribution in [0.4, 0.5) is 0 Å². The van der Waals surface area contributed by atoms with E-state index in [-0.39, 0.29) is 34.3 Å². The third-order valence-electron chi connectivity index (χ3n) is 0. The third-order valence-corrected chi connectivity index (χ3v) is 0. The standard InChI is InChI=1S/2CO.2CH3.Ru/c2*1-2;;;/h;;2*1H3;/q;;2*-1;+2. The van der Waals surface area contributed by atoms with Gasteiger partial charge in [0.1, 0.15) is 0 Å². The maximum Gasteiger partial charge on any atom is 2.00 e. The molecule has 0 aromatic heterocycles. The van der Waals surface area contributed by atoms with Crippen molar-refractivity contribution >= 4 is 0 Å². The van der Waals surface area contributed by atoms with Crippen molar-refractivity contribution in [3.05, 3.63) is 28.2 Å². The first kappa shape index (κ1) is 59.8. The summed E-state index contributed by atoms with van der Waals surface area (Å²) in [5, 5.41) is 0. The fourth-order valence-electron chi connectivity index (χ4n) is 0. The monoisotopic (exact) mass is 188 g/mol. The van der Waals surface area contributed by atoms with Crippen LogP contribution in [0.15, 0.2) is 0 Å². The van der Waals surface area contributed by atoms with Gasteiger partial charge in [-0.1, -0.05) is 0 Å². The van der Waals surface area contributed by atoms with Crippen molar-refractivity contribution < 1.29 is 28.8 Å². The molecule has 0 aliphatic carbocycles. The molecule has 0 saturated carbocycles. The van der Waals surface area contributed by atoms with E-state index >= 15 is 0 Å². The number of hydrogen-bond donors (Lipinski definition) is 0. The Bertz CT molecular complexity index is 25.2. The maximum atomic E-state index is 7.50. The molecule has 7 heavy (non-hydrogen) atoms. The van der Waals surface area contributed by atoms with E-state index in [1.165, 1.54) is 0 Å². The first-order chi connectivity index (χ1) is 2.00. The van der Waals surface area contributed by atoms with Crippen LogP contribution >= 0.6 is 0 Å². The van der Waals surface area contributed by atoms with Crippen LogP contribution in [0.5, 0.6) is 0 Å². The Hall–Kier alpha value is 0.103. The van der Waals surface area contributed by atoms with E-state index in [0.29, 0.717) is 0 Å². The van der Waals surface area contributed by atoms with E-state index in [4.69, 9.17) is 9.30 Å². The largest absolute Gasteiger partial charge is 2.00 e. The van der Waals surface area contributed by atoms with Crippen molar-refractivity contribution in [3.8, 4) is 0 Å². The van der Waals surface area contributed by atoms with Crippen LogP contribution in [0.2, 0.25) is 0 Å². The molecule has 0 aromatic rings. The van der Waals surface area contributed by atoms with Crippen LogP contribution in [0.25, 0.3) is 0 Å². The molecule has 0 aliphatic heterocycles. The van der Waals surface area contributed by atoms with Gasteiger partial charge in [-0.05, 0) is 0 Å². The summed E-state index contributed by atoms with van der Waals surface area (Å²) in [6.45, 7) is 9.00. The van der Waals surface area contributed by atoms with Crippen LogP contribution < -0.4 is 0 Å². The zero-order valence-corrected chi connectivity index (χ0v) is 5.91. The van der Waals surface area contributed by atoms with Crippen molar-refractivity contribution in [2.75, 3.05) is 0 Å². The summed E-state index contributed by atoms with van der Waals surface area (Å²) in [7, 11) is 0. The van der Waals surface area contributed by atoms with Crippen LogP contribution in [-0.2, 0) is 28.8 Å². The minimum atomic E-state index is 0. The van der Waals surface area contributed by atoms with Gasteiger partial charge in [0.05, 0.1) is 0 Å². The molecular formula is C4H6O2Ru. The zero-order chi connectivity index (χ0) is 4.00. The predicted molar refractivity (Wildman–Crippen MR) is 20.7 cm³/mol. The molecule has 0 spiro atoms. The average molecular weight is 187 g/mol. The Morgan fingerprint density at radius 3 is 0.714 bits per heavy atom. The summed E-state index contributed by atoms with van der Waals surface area (Å²) in [5.74, 6) is 0. The number of hydrogen-bond acceptors (Lipinski definition) is 0. The van der Waals surface area contributed by atoms with Crippen molar-refractivity contribution in [3.63, 3.8) is 0 Å². The first-order valence-corrected chi connectivity index (χ1v) is 0.408. The Morgan fingerprint density at radius 2 is 0.714 bits per heavy atom. The second kappa shape index (κ2) is 14900. The van der Waals surface area contributed by atoms with Crippen molar-refractivity contribution in [2.45, 2.75) is 0 Å². The SMILES string of the molecule is [C-]#[O+].[C-]#[O+].[CH3-].[CH3-].[Ru+2]. The second-order valence-corrected chi connectivity index (χ2v) is 0. The molecule has 0 atom stereocenters. The molecule has 42 valence electrons. The van der Waals surface area contributed by atoms with Gasteiger partial charge in [-0.15, -0.1) is 0 Å². The van der Waals surface area contributed by atoms with Crippen molar-refractivity contribution in [1.29, 1.82) is 0 Å². The topological polar surface area (TPSA) is 39.8 Å². The van der Waals surface area contributed by atoms with Gasteiger partial charge < -0.3 is 14.9 Å². The summed E-state index contributed by atoms with van der Waals surface area (Å²) in [4.78, 5) is 0. The summed E-state index contributed by atoms with van der Waals surface area (Å²) in [6, 6.07) is 0. The van der Waals surface area contributed by atoms with Gasteiger partial charge in [-0.25, -0.2) is 0 Å². The summed E-state index contributed by atoms with van der Waals surface area (Å²) >= 11 is 0. The first-order valence-electron chi connectivity index (χ1n) is 0.408. The van der Waals surface area contributed by atoms with Gasteiger partial charge in [0.25, 0.3) is 0 Å². The summed E-state index contributed by atoms with van der Waals surface area (Å²) in [5.41, 5.74) is 0. The van der Waals surface area contributed by atoms with E-state index in [0.717, 1.165) is 0 Å². The second-order valence-electron chi connectivity index (χ2n) is 0. The molecule has 0 fully saturated rings. The normalized spacial score (nSPS) is 0.571. The quantitative estimate of drug-likeness (QED) is 0.306. The summed E-state index contributed by atoms with van der Waals surface area (Å²) in [6.07, 6.45) is 0. The Morgan fingerprint density at radius 1 is 0.714 bits per heavy atom. The molecule has 0 N–H and O–H groups in total. The van der Waals surface area contributed by atoms with Crippen LogP contribution in [-0.4, -0.2) is 0 Å². The van der Waals surface area contributed by atoms with Gasteiger partial charge in [-0.3, -0.25) is 0 Å². The van der Waals surface area contributed by atoms with Crippen LogP contribution in [0, 0.1) is 28.2 Å². The molecule has 3 heteroatoms. The van der Waals surface area contributed by atoms with Crippen LogP contribution in [0.3, 0.4) is 0 Å². The molecule has 0 amide bonds. The molecule has 0 rings (SSSR count). The third kappa shape index (κ3) is 9620. The van der Waals surface area contributed by atoms with Gasteiger partial charge >= 0.3 is 42.1 Å². The molecule has 0 heterocycles. The molecule has 0 saturated heterocycles. The molecule has 0 unspecified atom stereocenters. The number of rotatable bonds is 0. The Kier molecular flexibility index (Phi) is 127000. The van der Waals surface area contributed by atoms with E-state index in [1.807, 2.05) is 0 Å². The molecule has 0 bridgehead atoms. The van der Waals surface area contributed by atoms with E-state index in [1.54, 1.807) is 0 Å². The van der Waals surface area contributed by atoms with Crippen LogP contribution in [0.1, 0.15) is 0 Å². The van der Waals surface area contributed by atoms with Gasteiger partial charge in [0, 0.05) is 0 Å². The van der Waals surface area contributed by atoms with E-state index < -0.39 is 0 Å².